The van der Waals surface area contributed by atoms with E-state index in [0.717, 1.165) is 36.9 Å². The molecule has 1 fully saturated rings. The highest BCUT2D eigenvalue weighted by Gasteiger charge is 2.34. The Bertz CT molecular complexity index is 1190. The standard InChI is InChI=1S/C25H23ClN2O4/c1-16-12-21(29)20(25-23(16)24(30)22(32-25)14-19-6-3-11-31-19)15-27-7-9-28(10-8-27)18-5-2-4-17(26)13-18/h2-6,11-14,29H,7-10,15H2,1H3/b22-14-. The Kier molecular flexibility index (Phi) is 5.41. The number of phenolic OH excluding ortho intramolecular Hbond substituents is 1. The zero-order valence-electron chi connectivity index (χ0n) is 17.7. The fourth-order valence-corrected chi connectivity index (χ4v) is 4.48. The molecule has 1 N–H and O–H groups in total. The van der Waals surface area contributed by atoms with Crippen LogP contribution in [0, 0.1) is 6.92 Å². The zero-order chi connectivity index (χ0) is 22.2. The van der Waals surface area contributed by atoms with Crippen LogP contribution in [0.1, 0.15) is 27.2 Å². The number of furan rings is 1. The Balaban J connectivity index is 1.36. The summed E-state index contributed by atoms with van der Waals surface area (Å²) in [7, 11) is 0. The number of aromatic hydroxyl groups is 1. The van der Waals surface area contributed by atoms with Crippen LogP contribution in [-0.4, -0.2) is 42.0 Å². The van der Waals surface area contributed by atoms with Crippen molar-refractivity contribution >= 4 is 29.1 Å². The Labute approximate surface area is 191 Å². The molecule has 0 bridgehead atoms. The average molecular weight is 451 g/mol. The van der Waals surface area contributed by atoms with Crippen LogP contribution >= 0.6 is 11.6 Å². The van der Waals surface area contributed by atoms with Crippen molar-refractivity contribution in [3.05, 3.63) is 82.0 Å². The average Bonchev–Trinajstić information content (AvgIpc) is 3.40. The maximum absolute atomic E-state index is 13.0. The molecule has 2 aliphatic heterocycles. The van der Waals surface area contributed by atoms with Crippen LogP contribution in [0.3, 0.4) is 0 Å². The number of ketones is 1. The number of ether oxygens (including phenoxy) is 1. The normalized spacial score (nSPS) is 17.6. The lowest BCUT2D eigenvalue weighted by molar-refractivity contribution is 0.101. The molecule has 0 radical (unpaired) electrons. The number of piperazine rings is 1. The number of carbonyl (C=O) groups is 1. The number of fused-ring (bicyclic) bond motifs is 1. The quantitative estimate of drug-likeness (QED) is 0.571. The van der Waals surface area contributed by atoms with Crippen molar-refractivity contribution in [2.24, 2.45) is 0 Å². The number of nitrogens with zero attached hydrogens (tertiary/aromatic N) is 2. The van der Waals surface area contributed by atoms with E-state index in [9.17, 15) is 9.90 Å². The van der Waals surface area contributed by atoms with Crippen LogP contribution in [0.5, 0.6) is 11.5 Å². The van der Waals surface area contributed by atoms with Crippen molar-refractivity contribution in [1.82, 2.24) is 4.90 Å². The molecule has 5 rings (SSSR count). The number of carbonyl (C=O) groups excluding carboxylic acids is 1. The van der Waals surface area contributed by atoms with E-state index in [0.29, 0.717) is 34.7 Å². The third-order valence-electron chi connectivity index (χ3n) is 5.96. The number of Topliss-reactive ketones (excluding diaryl/α,β-unsaturated/α-hetero) is 1. The molecule has 2 aromatic carbocycles. The first-order chi connectivity index (χ1) is 15.5. The summed E-state index contributed by atoms with van der Waals surface area (Å²) in [6, 6.07) is 13.0. The number of halogens is 1. The minimum atomic E-state index is -0.194. The van der Waals surface area contributed by atoms with Crippen molar-refractivity contribution < 1.29 is 19.1 Å². The summed E-state index contributed by atoms with van der Waals surface area (Å²) in [5.74, 6) is 1.14. The van der Waals surface area contributed by atoms with Gasteiger partial charge in [-0.3, -0.25) is 9.69 Å². The highest BCUT2D eigenvalue weighted by molar-refractivity contribution is 6.30. The predicted molar refractivity (Wildman–Crippen MR) is 123 cm³/mol. The first-order valence-corrected chi connectivity index (χ1v) is 10.9. The third-order valence-corrected chi connectivity index (χ3v) is 6.20. The van der Waals surface area contributed by atoms with E-state index in [1.54, 1.807) is 30.5 Å². The first kappa shape index (κ1) is 20.7. The summed E-state index contributed by atoms with van der Waals surface area (Å²) in [4.78, 5) is 17.5. The molecule has 0 unspecified atom stereocenters. The molecule has 3 heterocycles. The smallest absolute Gasteiger partial charge is 0.232 e. The summed E-state index contributed by atoms with van der Waals surface area (Å²) in [6.07, 6.45) is 3.14. The molecule has 0 atom stereocenters. The molecular formula is C25H23ClN2O4. The van der Waals surface area contributed by atoms with Crippen LogP contribution in [0.25, 0.3) is 6.08 Å². The summed E-state index contributed by atoms with van der Waals surface area (Å²) < 4.78 is 11.3. The fourth-order valence-electron chi connectivity index (χ4n) is 4.30. The molecule has 2 aliphatic rings. The van der Waals surface area contributed by atoms with Gasteiger partial charge in [0.1, 0.15) is 17.3 Å². The largest absolute Gasteiger partial charge is 0.507 e. The van der Waals surface area contributed by atoms with E-state index >= 15 is 0 Å². The minimum Gasteiger partial charge on any atom is -0.507 e. The van der Waals surface area contributed by atoms with Gasteiger partial charge in [0.15, 0.2) is 5.76 Å². The topological polar surface area (TPSA) is 66.2 Å². The highest BCUT2D eigenvalue weighted by atomic mass is 35.5. The van der Waals surface area contributed by atoms with Gasteiger partial charge in [-0.1, -0.05) is 17.7 Å². The van der Waals surface area contributed by atoms with E-state index in [1.165, 1.54) is 0 Å². The van der Waals surface area contributed by atoms with Crippen LogP contribution in [0.4, 0.5) is 5.69 Å². The molecule has 6 nitrogen and oxygen atoms in total. The first-order valence-electron chi connectivity index (χ1n) is 10.6. The van der Waals surface area contributed by atoms with Crippen LogP contribution in [-0.2, 0) is 6.54 Å². The Morgan fingerprint density at radius 2 is 1.94 bits per heavy atom. The van der Waals surface area contributed by atoms with Crippen molar-refractivity contribution in [1.29, 1.82) is 0 Å². The molecule has 1 saturated heterocycles. The van der Waals surface area contributed by atoms with E-state index < -0.39 is 0 Å². The van der Waals surface area contributed by atoms with Gasteiger partial charge in [0, 0.05) is 49.5 Å². The minimum absolute atomic E-state index is 0.144. The molecule has 32 heavy (non-hydrogen) atoms. The summed E-state index contributed by atoms with van der Waals surface area (Å²) in [6.45, 7) is 5.63. The highest BCUT2D eigenvalue weighted by Crippen LogP contribution is 2.42. The van der Waals surface area contributed by atoms with Gasteiger partial charge in [-0.25, -0.2) is 0 Å². The van der Waals surface area contributed by atoms with Crippen molar-refractivity contribution in [2.45, 2.75) is 13.5 Å². The van der Waals surface area contributed by atoms with Gasteiger partial charge in [-0.05, 0) is 48.9 Å². The van der Waals surface area contributed by atoms with Gasteiger partial charge in [-0.2, -0.15) is 0 Å². The molecule has 0 spiro atoms. The number of phenols is 1. The van der Waals surface area contributed by atoms with Crippen molar-refractivity contribution in [3.63, 3.8) is 0 Å². The maximum atomic E-state index is 13.0. The molecular weight excluding hydrogens is 428 g/mol. The van der Waals surface area contributed by atoms with Gasteiger partial charge in [0.25, 0.3) is 0 Å². The molecule has 0 aliphatic carbocycles. The van der Waals surface area contributed by atoms with E-state index in [4.69, 9.17) is 20.8 Å². The van der Waals surface area contributed by atoms with Crippen LogP contribution in [0.15, 0.2) is 58.9 Å². The summed E-state index contributed by atoms with van der Waals surface area (Å²) in [5, 5.41) is 11.4. The maximum Gasteiger partial charge on any atom is 0.232 e. The number of hydrogen-bond donors (Lipinski definition) is 1. The van der Waals surface area contributed by atoms with Gasteiger partial charge in [0.2, 0.25) is 5.78 Å². The lowest BCUT2D eigenvalue weighted by atomic mass is 9.99. The second-order valence-corrected chi connectivity index (χ2v) is 8.53. The number of anilines is 1. The molecule has 0 amide bonds. The van der Waals surface area contributed by atoms with Crippen LogP contribution < -0.4 is 9.64 Å². The van der Waals surface area contributed by atoms with Crippen LogP contribution in [0.2, 0.25) is 5.02 Å². The number of rotatable bonds is 4. The van der Waals surface area contributed by atoms with Gasteiger partial charge in [-0.15, -0.1) is 0 Å². The molecule has 1 aromatic heterocycles. The SMILES string of the molecule is Cc1cc(O)c(CN2CCN(c3cccc(Cl)c3)CC2)c2c1C(=O)/C(=C/c1ccco1)O2. The van der Waals surface area contributed by atoms with E-state index in [1.807, 2.05) is 25.1 Å². The Hall–Kier alpha value is -3.22. The van der Waals surface area contributed by atoms with Crippen molar-refractivity contribution in [2.75, 3.05) is 31.1 Å². The molecule has 3 aromatic rings. The monoisotopic (exact) mass is 450 g/mol. The lowest BCUT2D eigenvalue weighted by Gasteiger charge is -2.36. The molecule has 164 valence electrons. The zero-order valence-corrected chi connectivity index (χ0v) is 18.4. The number of hydrogen-bond acceptors (Lipinski definition) is 6. The van der Waals surface area contributed by atoms with E-state index in [-0.39, 0.29) is 17.3 Å². The Morgan fingerprint density at radius 1 is 1.12 bits per heavy atom. The summed E-state index contributed by atoms with van der Waals surface area (Å²) in [5.41, 5.74) is 2.95. The number of allylic oxidation sites excluding steroid dienone is 1. The van der Waals surface area contributed by atoms with Gasteiger partial charge >= 0.3 is 0 Å². The Morgan fingerprint density at radius 3 is 2.66 bits per heavy atom. The summed E-state index contributed by atoms with van der Waals surface area (Å²) >= 11 is 6.14. The predicted octanol–water partition coefficient (Wildman–Crippen LogP) is 4.89. The second-order valence-electron chi connectivity index (χ2n) is 8.09. The second kappa shape index (κ2) is 8.37. The number of aryl methyl sites for hydroxylation is 1. The van der Waals surface area contributed by atoms with Crippen molar-refractivity contribution in [3.8, 4) is 11.5 Å². The van der Waals surface area contributed by atoms with E-state index in [2.05, 4.69) is 15.9 Å². The number of benzene rings is 2. The van der Waals surface area contributed by atoms with Gasteiger partial charge in [0.05, 0.1) is 17.4 Å². The fraction of sp³-hybridized carbons (Fsp3) is 0.240. The molecule has 0 saturated carbocycles. The molecule has 7 heteroatoms. The van der Waals surface area contributed by atoms with Gasteiger partial charge < -0.3 is 19.2 Å². The third kappa shape index (κ3) is 3.87. The lowest BCUT2D eigenvalue weighted by Crippen LogP contribution is -2.46.